The molecule has 0 fully saturated rings. The Morgan fingerprint density at radius 3 is 1.73 bits per heavy atom. The molecular weight excluding hydrogens is 156 g/mol. The van der Waals surface area contributed by atoms with Gasteiger partial charge in [-0.3, -0.25) is 0 Å². The summed E-state index contributed by atoms with van der Waals surface area (Å²) in [7, 11) is 0.231. The maximum absolute atomic E-state index is 10.9. The molecule has 3 heteroatoms. The Morgan fingerprint density at radius 2 is 1.64 bits per heavy atom. The van der Waals surface area contributed by atoms with Crippen LogP contribution in [0, 0.1) is 42.4 Å². The van der Waals surface area contributed by atoms with Gasteiger partial charge in [0, 0.05) is 0 Å². The molecule has 0 aromatic rings. The van der Waals surface area contributed by atoms with E-state index in [0.29, 0.717) is 0 Å². The van der Waals surface area contributed by atoms with E-state index < -0.39 is 11.4 Å². The smallest absolute Gasteiger partial charge is 0.335 e. The third-order valence-electron chi connectivity index (χ3n) is 1.14. The Morgan fingerprint density at radius 1 is 1.27 bits per heavy atom. The topological polar surface area (TPSA) is 26.3 Å². The zero-order valence-corrected chi connectivity index (χ0v) is 8.05. The first-order valence-corrected chi connectivity index (χ1v) is 3.50. The largest absolute Gasteiger partial charge is 0.526 e. The summed E-state index contributed by atoms with van der Waals surface area (Å²) in [5, 5.41) is 0. The van der Waals surface area contributed by atoms with Crippen LogP contribution in [-0.2, 0) is 9.22 Å². The molecule has 0 saturated carbocycles. The van der Waals surface area contributed by atoms with Crippen LogP contribution in [0.15, 0.2) is 0 Å². The summed E-state index contributed by atoms with van der Waals surface area (Å²) in [5.41, 5.74) is -1.61. The highest BCUT2D eigenvalue weighted by Crippen LogP contribution is 2.14. The van der Waals surface area contributed by atoms with Gasteiger partial charge in [0.15, 0.2) is 0 Å². The molecule has 2 nitrogen and oxygen atoms in total. The van der Waals surface area contributed by atoms with Crippen molar-refractivity contribution in [2.75, 3.05) is 0 Å². The van der Waals surface area contributed by atoms with E-state index in [1.165, 1.54) is 0 Å². The fourth-order valence-electron chi connectivity index (χ4n) is 0.455. The second-order valence-corrected chi connectivity index (χ2v) is 2.08. The van der Waals surface area contributed by atoms with Crippen LogP contribution in [0.3, 0.4) is 0 Å². The summed E-state index contributed by atoms with van der Waals surface area (Å²) in [6.45, 7) is 0. The molecule has 54 valence electrons. The Hall–Kier alpha value is -1.63. The predicted octanol–water partition coefficient (Wildman–Crippen LogP) is -1.30. The first kappa shape index (κ1) is 9.37. The molecule has 0 unspecified atom stereocenters. The zero-order chi connectivity index (χ0) is 8.91. The molecule has 0 radical (unpaired) electrons. The second kappa shape index (κ2) is 3.51. The van der Waals surface area contributed by atoms with Crippen LogP contribution < -0.4 is 0 Å². The van der Waals surface area contributed by atoms with Crippen molar-refractivity contribution in [3.8, 4) is 37.0 Å². The second-order valence-electron chi connectivity index (χ2n) is 1.67. The first-order chi connectivity index (χ1) is 5.16. The van der Waals surface area contributed by atoms with Crippen molar-refractivity contribution in [1.82, 2.24) is 0 Å². The number of carbonyl (C=O) groups is 1. The van der Waals surface area contributed by atoms with Crippen molar-refractivity contribution in [2.24, 2.45) is 5.41 Å². The van der Waals surface area contributed by atoms with E-state index in [-0.39, 0.29) is 10.5 Å². The van der Waals surface area contributed by atoms with Crippen molar-refractivity contribution in [2.45, 2.75) is 0 Å². The average Bonchev–Trinajstić information content (AvgIpc) is 2.08. The summed E-state index contributed by atoms with van der Waals surface area (Å²) >= 11 is 0. The minimum atomic E-state index is -1.61. The van der Waals surface area contributed by atoms with Crippen LogP contribution in [0.1, 0.15) is 0 Å². The summed E-state index contributed by atoms with van der Waals surface area (Å²) < 4.78 is 4.46. The third-order valence-corrected chi connectivity index (χ3v) is 1.51. The fraction of sp³-hybridized carbons (Fsp3) is 0.125. The summed E-state index contributed by atoms with van der Waals surface area (Å²) in [6, 6.07) is 0. The Bertz CT molecular complexity index is 249. The quantitative estimate of drug-likeness (QED) is 0.354. The fourth-order valence-corrected chi connectivity index (χ4v) is 0.761. The molecule has 0 N–H and O–H groups in total. The van der Waals surface area contributed by atoms with Crippen LogP contribution in [0.2, 0.25) is 0 Å². The van der Waals surface area contributed by atoms with Crippen molar-refractivity contribution in [1.29, 1.82) is 0 Å². The van der Waals surface area contributed by atoms with E-state index in [4.69, 9.17) is 19.3 Å². The van der Waals surface area contributed by atoms with E-state index in [0.717, 1.165) is 0 Å². The molecule has 0 aliphatic rings. The maximum atomic E-state index is 10.9. The summed E-state index contributed by atoms with van der Waals surface area (Å²) in [5.74, 6) is 5.41. The Labute approximate surface area is 68.9 Å². The van der Waals surface area contributed by atoms with E-state index >= 15 is 0 Å². The van der Waals surface area contributed by atoms with Gasteiger partial charge in [0.05, 0.1) is 0 Å². The van der Waals surface area contributed by atoms with Gasteiger partial charge in [0.2, 0.25) is 15.9 Å². The zero-order valence-electron chi connectivity index (χ0n) is 6.05. The van der Waals surface area contributed by atoms with Crippen LogP contribution >= 0.6 is 0 Å². The highest BCUT2D eigenvalue weighted by molar-refractivity contribution is 6.08. The highest BCUT2D eigenvalue weighted by Gasteiger charge is 2.32. The molecule has 0 bridgehead atoms. The van der Waals surface area contributed by atoms with E-state index in [1.54, 1.807) is 0 Å². The molecule has 0 aliphatic carbocycles. The molecule has 0 atom stereocenters. The highest BCUT2D eigenvalue weighted by atomic mass is 28.2. The number of terminal acetylenes is 3. The first-order valence-electron chi connectivity index (χ1n) is 2.68. The Balaban J connectivity index is 4.98. The molecule has 0 rings (SSSR count). The lowest BCUT2D eigenvalue weighted by Gasteiger charge is -2.11. The van der Waals surface area contributed by atoms with Gasteiger partial charge in [0.25, 0.3) is 0 Å². The minimum Gasteiger partial charge on any atom is -0.526 e. The van der Waals surface area contributed by atoms with Crippen LogP contribution in [-0.4, -0.2) is 16.5 Å². The maximum Gasteiger partial charge on any atom is 0.335 e. The lowest BCUT2D eigenvalue weighted by atomic mass is 9.92. The van der Waals surface area contributed by atoms with Crippen molar-refractivity contribution < 1.29 is 9.22 Å². The molecule has 0 aliphatic heterocycles. The molecule has 0 saturated heterocycles. The third kappa shape index (κ3) is 1.44. The van der Waals surface area contributed by atoms with Crippen LogP contribution in [0.25, 0.3) is 0 Å². The molecule has 0 amide bonds. The van der Waals surface area contributed by atoms with Crippen LogP contribution in [0.4, 0.5) is 0 Å². The van der Waals surface area contributed by atoms with Crippen molar-refractivity contribution in [3.05, 3.63) is 0 Å². The molecular formula is C8H6O2Si. The number of rotatable bonds is 1. The lowest BCUT2D eigenvalue weighted by molar-refractivity contribution is -0.137. The lowest BCUT2D eigenvalue weighted by Crippen LogP contribution is -2.27. The normalized spacial score (nSPS) is 8.82. The van der Waals surface area contributed by atoms with Crippen LogP contribution in [0.5, 0.6) is 0 Å². The van der Waals surface area contributed by atoms with Gasteiger partial charge in [-0.05, 0) is 0 Å². The monoisotopic (exact) mass is 162 g/mol. The van der Waals surface area contributed by atoms with Gasteiger partial charge >= 0.3 is 5.97 Å². The van der Waals surface area contributed by atoms with Crippen molar-refractivity contribution >= 4 is 16.5 Å². The number of hydrogen-bond donors (Lipinski definition) is 0. The molecule has 11 heavy (non-hydrogen) atoms. The molecule has 0 heterocycles. The van der Waals surface area contributed by atoms with Gasteiger partial charge in [-0.1, -0.05) is 17.8 Å². The van der Waals surface area contributed by atoms with Crippen molar-refractivity contribution in [3.63, 3.8) is 0 Å². The van der Waals surface area contributed by atoms with E-state index in [2.05, 4.69) is 4.43 Å². The Kier molecular flexibility index (Phi) is 2.99. The summed E-state index contributed by atoms with van der Waals surface area (Å²) in [6.07, 6.45) is 15.0. The SMILES string of the molecule is C#CC(C#C)(C#C)C(=O)O[SiH3]. The summed E-state index contributed by atoms with van der Waals surface area (Å²) in [4.78, 5) is 10.9. The van der Waals surface area contributed by atoms with Gasteiger partial charge < -0.3 is 4.43 Å². The van der Waals surface area contributed by atoms with Gasteiger partial charge in [-0.25, -0.2) is 4.79 Å². The number of hydrogen-bond acceptors (Lipinski definition) is 2. The predicted molar refractivity (Wildman–Crippen MR) is 45.0 cm³/mol. The average molecular weight is 162 g/mol. The number of carbonyl (C=O) groups excluding carboxylic acids is 1. The van der Waals surface area contributed by atoms with E-state index in [1.807, 2.05) is 17.8 Å². The van der Waals surface area contributed by atoms with Gasteiger partial charge in [0.1, 0.15) is 0 Å². The molecule has 0 spiro atoms. The van der Waals surface area contributed by atoms with Gasteiger partial charge in [-0.2, -0.15) is 0 Å². The van der Waals surface area contributed by atoms with E-state index in [9.17, 15) is 4.79 Å². The minimum absolute atomic E-state index is 0.231. The standard InChI is InChI=1S/C8H6O2Si/c1-4-8(5-2,6-3)7(9)10-11/h1-3H,11H3. The van der Waals surface area contributed by atoms with Gasteiger partial charge in [-0.15, -0.1) is 19.3 Å². The molecule has 0 aromatic heterocycles. The molecule has 0 aromatic carbocycles.